The van der Waals surface area contributed by atoms with Crippen molar-refractivity contribution in [3.63, 3.8) is 0 Å². The highest BCUT2D eigenvalue weighted by Crippen LogP contribution is 2.53. The highest BCUT2D eigenvalue weighted by atomic mass is 16.2. The van der Waals surface area contributed by atoms with Crippen LogP contribution in [0.2, 0.25) is 0 Å². The molecule has 1 aromatic heterocycles. The molecule has 1 saturated heterocycles. The summed E-state index contributed by atoms with van der Waals surface area (Å²) in [5, 5.41) is 0.783. The lowest BCUT2D eigenvalue weighted by Gasteiger charge is -2.17. The fourth-order valence-corrected chi connectivity index (χ4v) is 5.21. The van der Waals surface area contributed by atoms with E-state index in [0.717, 1.165) is 17.3 Å². The summed E-state index contributed by atoms with van der Waals surface area (Å²) < 4.78 is 0. The van der Waals surface area contributed by atoms with E-state index < -0.39 is 0 Å². The number of amides is 3. The molecule has 3 aromatic rings. The molecule has 0 radical (unpaired) electrons. The number of para-hydroxylation sites is 1. The smallest absolute Gasteiger partial charge is 0.269 e. The van der Waals surface area contributed by atoms with E-state index in [-0.39, 0.29) is 41.4 Å². The summed E-state index contributed by atoms with van der Waals surface area (Å²) in [5.74, 6) is -0.292. The van der Waals surface area contributed by atoms with Crippen molar-refractivity contribution in [3.8, 4) is 0 Å². The molecule has 3 amide bonds. The molecular weight excluding hydrogens is 406 g/mol. The van der Waals surface area contributed by atoms with Crippen LogP contribution in [0.3, 0.4) is 0 Å². The highest BCUT2D eigenvalue weighted by molar-refractivity contribution is 6.22. The van der Waals surface area contributed by atoms with Crippen molar-refractivity contribution in [3.05, 3.63) is 72.6 Å². The second-order valence-corrected chi connectivity index (χ2v) is 8.38. The average molecular weight is 425 g/mol. The highest BCUT2D eigenvalue weighted by Gasteiger charge is 2.59. The predicted octanol–water partition coefficient (Wildman–Crippen LogP) is 2.70. The minimum absolute atomic E-state index is 0.133. The minimum Gasteiger partial charge on any atom is -0.281 e. The molecule has 32 heavy (non-hydrogen) atoms. The Labute approximate surface area is 183 Å². The summed E-state index contributed by atoms with van der Waals surface area (Å²) in [7, 11) is 0. The van der Waals surface area contributed by atoms with Crippen molar-refractivity contribution in [2.24, 2.45) is 23.7 Å². The fraction of sp³-hybridized carbons (Fsp3) is 0.208. The maximum absolute atomic E-state index is 12.9. The third kappa shape index (κ3) is 2.72. The van der Waals surface area contributed by atoms with Gasteiger partial charge >= 0.3 is 0 Å². The standard InChI is InChI=1S/C24H19N5O3/c30-22(28-27-21-17-3-1-2-4-18(17)25-12-26-21)13-7-9-16(10-8-13)29-23(31)19-14-5-6-15(11-14)20(19)24(29)32/h1-10,12,14-15,19-20H,11H2,(H,28,30)(H,25,26,27). The Bertz CT molecular complexity index is 1270. The molecule has 2 N–H and O–H groups in total. The van der Waals surface area contributed by atoms with Crippen molar-refractivity contribution < 1.29 is 14.4 Å². The van der Waals surface area contributed by atoms with Gasteiger partial charge in [0.1, 0.15) is 6.33 Å². The van der Waals surface area contributed by atoms with Gasteiger partial charge in [0, 0.05) is 10.9 Å². The normalized spacial score (nSPS) is 25.4. The molecule has 8 nitrogen and oxygen atoms in total. The number of imide groups is 1. The number of carbonyl (C=O) groups excluding carboxylic acids is 3. The lowest BCUT2D eigenvalue weighted by Crippen LogP contribution is -2.33. The van der Waals surface area contributed by atoms with Gasteiger partial charge in [-0.2, -0.15) is 0 Å². The van der Waals surface area contributed by atoms with Crippen molar-refractivity contribution in [1.82, 2.24) is 15.4 Å². The van der Waals surface area contributed by atoms with Gasteiger partial charge < -0.3 is 0 Å². The van der Waals surface area contributed by atoms with Crippen LogP contribution < -0.4 is 15.8 Å². The molecule has 2 aliphatic carbocycles. The number of hydrogen-bond donors (Lipinski definition) is 2. The number of fused-ring (bicyclic) bond motifs is 6. The van der Waals surface area contributed by atoms with Crippen molar-refractivity contribution >= 4 is 40.1 Å². The van der Waals surface area contributed by atoms with Crippen LogP contribution in [0.1, 0.15) is 16.8 Å². The molecular formula is C24H19N5O3. The van der Waals surface area contributed by atoms with Crippen LogP contribution in [0.5, 0.6) is 0 Å². The predicted molar refractivity (Wildman–Crippen MR) is 117 cm³/mol. The molecule has 2 fully saturated rings. The summed E-state index contributed by atoms with van der Waals surface area (Å²) in [6.45, 7) is 0. The first-order valence-corrected chi connectivity index (χ1v) is 10.5. The average Bonchev–Trinajstić information content (AvgIpc) is 3.51. The lowest BCUT2D eigenvalue weighted by atomic mass is 9.85. The van der Waals surface area contributed by atoms with Gasteiger partial charge in [-0.25, -0.2) is 9.97 Å². The molecule has 2 aromatic carbocycles. The van der Waals surface area contributed by atoms with E-state index in [1.165, 1.54) is 11.2 Å². The largest absolute Gasteiger partial charge is 0.281 e. The lowest BCUT2D eigenvalue weighted by molar-refractivity contribution is -0.123. The van der Waals surface area contributed by atoms with Gasteiger partial charge in [0.05, 0.1) is 23.0 Å². The molecule has 158 valence electrons. The van der Waals surface area contributed by atoms with Crippen molar-refractivity contribution in [2.45, 2.75) is 6.42 Å². The summed E-state index contributed by atoms with van der Waals surface area (Å²) >= 11 is 0. The Kier molecular flexibility index (Phi) is 4.07. The second kappa shape index (κ2) is 6.98. The number of hydrogen-bond acceptors (Lipinski definition) is 6. The zero-order valence-corrected chi connectivity index (χ0v) is 16.9. The topological polar surface area (TPSA) is 104 Å². The van der Waals surface area contributed by atoms with E-state index >= 15 is 0 Å². The van der Waals surface area contributed by atoms with E-state index in [2.05, 4.69) is 33.0 Å². The monoisotopic (exact) mass is 425 g/mol. The fourth-order valence-electron chi connectivity index (χ4n) is 5.21. The van der Waals surface area contributed by atoms with Gasteiger partial charge in [0.25, 0.3) is 5.91 Å². The van der Waals surface area contributed by atoms with Crippen LogP contribution in [0, 0.1) is 23.7 Å². The van der Waals surface area contributed by atoms with Crippen LogP contribution in [-0.4, -0.2) is 27.7 Å². The molecule has 4 unspecified atom stereocenters. The molecule has 2 bridgehead atoms. The van der Waals surface area contributed by atoms with E-state index in [1.807, 2.05) is 24.3 Å². The second-order valence-electron chi connectivity index (χ2n) is 8.38. The van der Waals surface area contributed by atoms with Crippen LogP contribution in [-0.2, 0) is 9.59 Å². The summed E-state index contributed by atoms with van der Waals surface area (Å²) in [6.07, 6.45) is 6.46. The minimum atomic E-state index is -0.363. The Balaban J connectivity index is 1.17. The number of rotatable bonds is 4. The van der Waals surface area contributed by atoms with Gasteiger partial charge in [-0.1, -0.05) is 24.3 Å². The first-order valence-electron chi connectivity index (χ1n) is 10.5. The first kappa shape index (κ1) is 18.7. The Hall–Kier alpha value is -4.07. The molecule has 4 atom stereocenters. The number of nitrogens with zero attached hydrogens (tertiary/aromatic N) is 3. The van der Waals surface area contributed by atoms with Crippen LogP contribution in [0.15, 0.2) is 67.0 Å². The maximum Gasteiger partial charge on any atom is 0.269 e. The van der Waals surface area contributed by atoms with Gasteiger partial charge in [-0.3, -0.25) is 30.1 Å². The third-order valence-electron chi connectivity index (χ3n) is 6.70. The molecule has 2 heterocycles. The summed E-state index contributed by atoms with van der Waals surface area (Å²) in [4.78, 5) is 48.1. The number of nitrogens with one attached hydrogen (secondary N) is 2. The third-order valence-corrected chi connectivity index (χ3v) is 6.70. The van der Waals surface area contributed by atoms with Crippen molar-refractivity contribution in [2.75, 3.05) is 10.3 Å². The Morgan fingerprint density at radius 1 is 0.906 bits per heavy atom. The van der Waals surface area contributed by atoms with E-state index in [4.69, 9.17) is 0 Å². The van der Waals surface area contributed by atoms with E-state index in [9.17, 15) is 14.4 Å². The molecule has 0 spiro atoms. The van der Waals surface area contributed by atoms with Gasteiger partial charge in [-0.05, 0) is 54.7 Å². The number of aromatic nitrogens is 2. The Morgan fingerprint density at radius 3 is 2.31 bits per heavy atom. The zero-order valence-electron chi connectivity index (χ0n) is 16.9. The number of anilines is 2. The molecule has 1 saturated carbocycles. The zero-order chi connectivity index (χ0) is 21.8. The van der Waals surface area contributed by atoms with Crippen LogP contribution >= 0.6 is 0 Å². The Morgan fingerprint density at radius 2 is 1.59 bits per heavy atom. The first-order chi connectivity index (χ1) is 15.6. The van der Waals surface area contributed by atoms with E-state index in [1.54, 1.807) is 24.3 Å². The quantitative estimate of drug-likeness (QED) is 0.378. The van der Waals surface area contributed by atoms with Gasteiger partial charge in [-0.15, -0.1) is 0 Å². The van der Waals surface area contributed by atoms with E-state index in [0.29, 0.717) is 17.1 Å². The van der Waals surface area contributed by atoms with Crippen LogP contribution in [0.25, 0.3) is 10.9 Å². The SMILES string of the molecule is O=C(NNc1ncnc2ccccc12)c1ccc(N2C(=O)C3C4C=CC(C4)C3C2=O)cc1. The number of carbonyl (C=O) groups is 3. The van der Waals surface area contributed by atoms with Crippen molar-refractivity contribution in [1.29, 1.82) is 0 Å². The molecule has 8 heteroatoms. The number of hydrazine groups is 1. The summed E-state index contributed by atoms with van der Waals surface area (Å²) in [5.41, 5.74) is 7.12. The molecule has 6 rings (SSSR count). The number of benzene rings is 2. The summed E-state index contributed by atoms with van der Waals surface area (Å²) in [6, 6.07) is 14.0. The van der Waals surface area contributed by atoms with Gasteiger partial charge in [0.15, 0.2) is 5.82 Å². The maximum atomic E-state index is 12.9. The van der Waals surface area contributed by atoms with Crippen LogP contribution in [0.4, 0.5) is 11.5 Å². The number of allylic oxidation sites excluding steroid dienone is 2. The molecule has 1 aliphatic heterocycles. The van der Waals surface area contributed by atoms with Gasteiger partial charge in [0.2, 0.25) is 11.8 Å². The molecule has 3 aliphatic rings.